The van der Waals surface area contributed by atoms with Crippen molar-refractivity contribution < 1.29 is 9.53 Å². The number of ether oxygens (including phenoxy) is 1. The second-order valence-corrected chi connectivity index (χ2v) is 4.46. The van der Waals surface area contributed by atoms with Gasteiger partial charge in [0.25, 0.3) is 0 Å². The summed E-state index contributed by atoms with van der Waals surface area (Å²) in [5, 5.41) is 11.0. The summed E-state index contributed by atoms with van der Waals surface area (Å²) < 4.78 is 7.16. The summed E-state index contributed by atoms with van der Waals surface area (Å²) in [7, 11) is 1.38. The number of esters is 1. The van der Waals surface area contributed by atoms with Crippen LogP contribution in [0.15, 0.2) is 24.5 Å². The minimum Gasteiger partial charge on any atom is -0.469 e. The van der Waals surface area contributed by atoms with Crippen LogP contribution in [0.1, 0.15) is 5.56 Å². The van der Waals surface area contributed by atoms with Gasteiger partial charge in [0, 0.05) is 3.57 Å². The minimum atomic E-state index is -0.254. The lowest BCUT2D eigenvalue weighted by molar-refractivity contribution is -0.139. The average molecular weight is 344 g/mol. The van der Waals surface area contributed by atoms with Crippen molar-refractivity contribution in [2.24, 2.45) is 0 Å². The lowest BCUT2D eigenvalue weighted by Crippen LogP contribution is -2.05. The smallest absolute Gasteiger partial charge is 0.309 e. The highest BCUT2D eigenvalue weighted by Crippen LogP contribution is 2.18. The van der Waals surface area contributed by atoms with Gasteiger partial charge in [-0.15, -0.1) is 5.10 Å². The van der Waals surface area contributed by atoms with Gasteiger partial charge >= 0.3 is 5.97 Å². The van der Waals surface area contributed by atoms with Crippen LogP contribution in [0.4, 0.5) is 0 Å². The summed E-state index contributed by atoms with van der Waals surface area (Å²) in [6.07, 6.45) is 1.79. The number of nitrogens with zero attached hydrogens (tertiary/aromatic N) is 4. The molecule has 6 nitrogen and oxygen atoms in total. The van der Waals surface area contributed by atoms with Gasteiger partial charge in [-0.1, -0.05) is 6.07 Å². The third-order valence-electron chi connectivity index (χ3n) is 2.18. The summed E-state index contributed by atoms with van der Waals surface area (Å²) in [4.78, 5) is 11.1. The SMILES string of the molecule is COC(=O)Cc1ccc(-n2cnnn2)c(I)c1. The maximum atomic E-state index is 11.1. The first-order valence-electron chi connectivity index (χ1n) is 4.79. The summed E-state index contributed by atoms with van der Waals surface area (Å²) in [5.41, 5.74) is 1.78. The van der Waals surface area contributed by atoms with E-state index in [2.05, 4.69) is 42.9 Å². The minimum absolute atomic E-state index is 0.254. The zero-order valence-electron chi connectivity index (χ0n) is 9.00. The van der Waals surface area contributed by atoms with Crippen molar-refractivity contribution in [3.8, 4) is 5.69 Å². The van der Waals surface area contributed by atoms with Crippen LogP contribution < -0.4 is 0 Å². The zero-order valence-corrected chi connectivity index (χ0v) is 11.2. The molecule has 0 aliphatic rings. The molecule has 1 heterocycles. The molecule has 2 aromatic rings. The van der Waals surface area contributed by atoms with Crippen LogP contribution in [0.2, 0.25) is 0 Å². The Morgan fingerprint density at radius 3 is 2.94 bits per heavy atom. The molecule has 0 aliphatic carbocycles. The first kappa shape index (κ1) is 12.0. The number of carbonyl (C=O) groups excluding carboxylic acids is 1. The summed E-state index contributed by atoms with van der Waals surface area (Å²) in [6, 6.07) is 5.64. The molecule has 0 aliphatic heterocycles. The van der Waals surface area contributed by atoms with Gasteiger partial charge in [-0.05, 0) is 50.7 Å². The van der Waals surface area contributed by atoms with Crippen molar-refractivity contribution in [3.63, 3.8) is 0 Å². The van der Waals surface area contributed by atoms with Crippen LogP contribution in [0, 0.1) is 3.57 Å². The van der Waals surface area contributed by atoms with Crippen molar-refractivity contribution in [2.45, 2.75) is 6.42 Å². The fraction of sp³-hybridized carbons (Fsp3) is 0.200. The zero-order chi connectivity index (χ0) is 12.3. The second-order valence-electron chi connectivity index (χ2n) is 3.29. The number of halogens is 1. The van der Waals surface area contributed by atoms with E-state index in [1.807, 2.05) is 18.2 Å². The Bertz CT molecular complexity index is 527. The molecule has 17 heavy (non-hydrogen) atoms. The van der Waals surface area contributed by atoms with E-state index in [0.717, 1.165) is 14.8 Å². The molecule has 0 unspecified atom stereocenters. The van der Waals surface area contributed by atoms with E-state index >= 15 is 0 Å². The quantitative estimate of drug-likeness (QED) is 0.613. The van der Waals surface area contributed by atoms with Gasteiger partial charge in [0.2, 0.25) is 0 Å². The number of hydrogen-bond acceptors (Lipinski definition) is 5. The fourth-order valence-corrected chi connectivity index (χ4v) is 2.18. The Kier molecular flexibility index (Phi) is 3.67. The maximum Gasteiger partial charge on any atom is 0.309 e. The van der Waals surface area contributed by atoms with Gasteiger partial charge in [-0.2, -0.15) is 4.68 Å². The van der Waals surface area contributed by atoms with Crippen molar-refractivity contribution in [1.82, 2.24) is 20.2 Å². The van der Waals surface area contributed by atoms with Crippen LogP contribution in [-0.2, 0) is 16.0 Å². The largest absolute Gasteiger partial charge is 0.469 e. The maximum absolute atomic E-state index is 11.1. The number of carbonyl (C=O) groups is 1. The van der Waals surface area contributed by atoms with Gasteiger partial charge in [0.1, 0.15) is 6.33 Å². The second kappa shape index (κ2) is 5.21. The van der Waals surface area contributed by atoms with Crippen LogP contribution >= 0.6 is 22.6 Å². The molecule has 7 heteroatoms. The van der Waals surface area contributed by atoms with Crippen LogP contribution in [0.5, 0.6) is 0 Å². The van der Waals surface area contributed by atoms with Crippen LogP contribution in [-0.4, -0.2) is 33.3 Å². The molecule has 0 radical (unpaired) electrons. The molecule has 0 bridgehead atoms. The third kappa shape index (κ3) is 2.78. The summed E-state index contributed by atoms with van der Waals surface area (Å²) in [6.45, 7) is 0. The monoisotopic (exact) mass is 344 g/mol. The molecular formula is C10H9IN4O2. The first-order chi connectivity index (χ1) is 8.20. The van der Waals surface area contributed by atoms with E-state index in [-0.39, 0.29) is 12.4 Å². The van der Waals surface area contributed by atoms with Gasteiger partial charge in [-0.3, -0.25) is 4.79 Å². The van der Waals surface area contributed by atoms with Gasteiger partial charge in [-0.25, -0.2) is 0 Å². The highest BCUT2D eigenvalue weighted by Gasteiger charge is 2.07. The van der Waals surface area contributed by atoms with E-state index < -0.39 is 0 Å². The van der Waals surface area contributed by atoms with Crippen LogP contribution in [0.3, 0.4) is 0 Å². The van der Waals surface area contributed by atoms with E-state index in [9.17, 15) is 4.79 Å². The lowest BCUT2D eigenvalue weighted by Gasteiger charge is -2.05. The molecule has 0 N–H and O–H groups in total. The number of methoxy groups -OCH3 is 1. The highest BCUT2D eigenvalue weighted by atomic mass is 127. The molecule has 0 saturated carbocycles. The number of tetrazole rings is 1. The third-order valence-corrected chi connectivity index (χ3v) is 3.05. The first-order valence-corrected chi connectivity index (χ1v) is 5.87. The highest BCUT2D eigenvalue weighted by molar-refractivity contribution is 14.1. The molecule has 0 fully saturated rings. The van der Waals surface area contributed by atoms with Crippen molar-refractivity contribution >= 4 is 28.6 Å². The van der Waals surface area contributed by atoms with E-state index in [1.54, 1.807) is 4.68 Å². The lowest BCUT2D eigenvalue weighted by atomic mass is 10.1. The predicted octanol–water partition coefficient (Wildman–Crippen LogP) is 0.982. The molecule has 2 rings (SSSR count). The molecule has 0 atom stereocenters. The Hall–Kier alpha value is -1.51. The Morgan fingerprint density at radius 1 is 1.53 bits per heavy atom. The van der Waals surface area contributed by atoms with Crippen LogP contribution in [0.25, 0.3) is 5.69 Å². The average Bonchev–Trinajstić information content (AvgIpc) is 2.82. The molecule has 88 valence electrons. The van der Waals surface area contributed by atoms with Gasteiger partial charge in [0.15, 0.2) is 0 Å². The van der Waals surface area contributed by atoms with Crippen molar-refractivity contribution in [2.75, 3.05) is 7.11 Å². The standard InChI is InChI=1S/C10H9IN4O2/c1-17-10(16)5-7-2-3-9(8(11)4-7)15-6-12-13-14-15/h2-4,6H,5H2,1H3. The number of hydrogen-bond donors (Lipinski definition) is 0. The van der Waals surface area contributed by atoms with E-state index in [4.69, 9.17) is 0 Å². The predicted molar refractivity (Wildman–Crippen MR) is 67.6 cm³/mol. The Balaban J connectivity index is 2.26. The molecule has 1 aromatic heterocycles. The van der Waals surface area contributed by atoms with E-state index in [1.165, 1.54) is 13.4 Å². The molecule has 0 amide bonds. The van der Waals surface area contributed by atoms with Gasteiger partial charge < -0.3 is 4.74 Å². The van der Waals surface area contributed by atoms with E-state index in [0.29, 0.717) is 0 Å². The van der Waals surface area contributed by atoms with Gasteiger partial charge in [0.05, 0.1) is 19.2 Å². The topological polar surface area (TPSA) is 69.9 Å². The molecule has 1 aromatic carbocycles. The number of benzene rings is 1. The Morgan fingerprint density at radius 2 is 2.35 bits per heavy atom. The van der Waals surface area contributed by atoms with Crippen molar-refractivity contribution in [3.05, 3.63) is 33.7 Å². The number of aromatic nitrogens is 4. The fourth-order valence-electron chi connectivity index (χ4n) is 1.36. The normalized spacial score (nSPS) is 10.2. The van der Waals surface area contributed by atoms with Crippen molar-refractivity contribution in [1.29, 1.82) is 0 Å². The summed E-state index contributed by atoms with van der Waals surface area (Å²) in [5.74, 6) is -0.254. The molecular weight excluding hydrogens is 335 g/mol. The number of rotatable bonds is 3. The Labute approximate surface area is 111 Å². The molecule has 0 saturated heterocycles. The molecule has 0 spiro atoms. The summed E-state index contributed by atoms with van der Waals surface area (Å²) >= 11 is 2.18.